The lowest BCUT2D eigenvalue weighted by Gasteiger charge is -2.13. The Labute approximate surface area is 108 Å². The fraction of sp³-hybridized carbons (Fsp3) is 0.533. The van der Waals surface area contributed by atoms with Crippen LogP contribution in [-0.2, 0) is 22.4 Å². The number of ether oxygens (including phenoxy) is 1. The lowest BCUT2D eigenvalue weighted by molar-refractivity contribution is -0.137. The van der Waals surface area contributed by atoms with Crippen molar-refractivity contribution in [2.45, 2.75) is 44.1 Å². The Hall–Kier alpha value is -1.35. The van der Waals surface area contributed by atoms with Gasteiger partial charge in [-0.05, 0) is 36.8 Å². The number of rotatable bonds is 7. The number of carbonyl (C=O) groups is 1. The molecule has 0 spiro atoms. The van der Waals surface area contributed by atoms with E-state index >= 15 is 0 Å². The summed E-state index contributed by atoms with van der Waals surface area (Å²) in [6.07, 6.45) is 5.08. The van der Waals surface area contributed by atoms with Crippen LogP contribution in [0, 0.1) is 0 Å². The molecule has 1 fully saturated rings. The molecule has 0 heterocycles. The number of hydrogen-bond donors (Lipinski definition) is 1. The van der Waals surface area contributed by atoms with Crippen molar-refractivity contribution in [3.63, 3.8) is 0 Å². The molecule has 3 nitrogen and oxygen atoms in total. The van der Waals surface area contributed by atoms with Crippen LogP contribution in [0.15, 0.2) is 24.3 Å². The van der Waals surface area contributed by atoms with Crippen LogP contribution < -0.4 is 0 Å². The number of carboxylic acid groups (broad SMARTS) is 1. The first-order valence-corrected chi connectivity index (χ1v) is 6.48. The summed E-state index contributed by atoms with van der Waals surface area (Å²) in [6.45, 7) is 0. The number of aliphatic carboxylic acids is 1. The molecule has 1 aliphatic rings. The number of benzene rings is 1. The molecule has 0 atom stereocenters. The molecule has 1 saturated carbocycles. The Bertz CT molecular complexity index is 404. The average Bonchev–Trinajstić information content (AvgIpc) is 3.12. The monoisotopic (exact) mass is 248 g/mol. The molecule has 0 radical (unpaired) electrons. The van der Waals surface area contributed by atoms with Gasteiger partial charge in [0.2, 0.25) is 0 Å². The van der Waals surface area contributed by atoms with Gasteiger partial charge in [0.15, 0.2) is 0 Å². The number of hydrogen-bond acceptors (Lipinski definition) is 2. The summed E-state index contributed by atoms with van der Waals surface area (Å²) >= 11 is 0. The molecule has 0 saturated heterocycles. The van der Waals surface area contributed by atoms with Gasteiger partial charge in [-0.3, -0.25) is 4.79 Å². The highest BCUT2D eigenvalue weighted by Gasteiger charge is 2.42. The van der Waals surface area contributed by atoms with Crippen LogP contribution in [0.3, 0.4) is 0 Å². The summed E-state index contributed by atoms with van der Waals surface area (Å²) in [5.41, 5.74) is 2.61. The third-order valence-electron chi connectivity index (χ3n) is 3.65. The molecule has 0 aliphatic heterocycles. The molecule has 0 aromatic heterocycles. The van der Waals surface area contributed by atoms with Gasteiger partial charge >= 0.3 is 5.97 Å². The second kappa shape index (κ2) is 5.53. The molecule has 98 valence electrons. The van der Waals surface area contributed by atoms with Crippen LogP contribution in [0.5, 0.6) is 0 Å². The zero-order chi connectivity index (χ0) is 13.0. The summed E-state index contributed by atoms with van der Waals surface area (Å²) in [5, 5.41) is 8.58. The molecule has 1 aromatic rings. The SMILES string of the molecule is COC1(Cc2ccc(CCCC(=O)O)cc2)CC1. The van der Waals surface area contributed by atoms with E-state index in [0.717, 1.165) is 25.7 Å². The fourth-order valence-electron chi connectivity index (χ4n) is 2.23. The van der Waals surface area contributed by atoms with Crippen molar-refractivity contribution in [1.29, 1.82) is 0 Å². The highest BCUT2D eigenvalue weighted by atomic mass is 16.5. The Kier molecular flexibility index (Phi) is 4.02. The van der Waals surface area contributed by atoms with Crippen molar-refractivity contribution in [3.8, 4) is 0 Å². The summed E-state index contributed by atoms with van der Waals surface area (Å²) in [5.74, 6) is -0.720. The topological polar surface area (TPSA) is 46.5 Å². The summed E-state index contributed by atoms with van der Waals surface area (Å²) < 4.78 is 5.51. The van der Waals surface area contributed by atoms with Crippen molar-refractivity contribution in [2.75, 3.05) is 7.11 Å². The van der Waals surface area contributed by atoms with E-state index in [0.29, 0.717) is 6.42 Å². The van der Waals surface area contributed by atoms with Gasteiger partial charge in [-0.25, -0.2) is 0 Å². The second-order valence-electron chi connectivity index (χ2n) is 5.13. The Morgan fingerprint density at radius 3 is 2.39 bits per heavy atom. The molecule has 0 amide bonds. The first kappa shape index (κ1) is 13.1. The van der Waals surface area contributed by atoms with E-state index in [1.165, 1.54) is 11.1 Å². The van der Waals surface area contributed by atoms with Crippen LogP contribution in [0.1, 0.15) is 36.8 Å². The molecule has 2 rings (SSSR count). The van der Waals surface area contributed by atoms with E-state index in [9.17, 15) is 4.79 Å². The Morgan fingerprint density at radius 1 is 1.28 bits per heavy atom. The van der Waals surface area contributed by atoms with Crippen LogP contribution in [0.2, 0.25) is 0 Å². The van der Waals surface area contributed by atoms with Gasteiger partial charge in [0, 0.05) is 20.0 Å². The maximum Gasteiger partial charge on any atom is 0.303 e. The van der Waals surface area contributed by atoms with Gasteiger partial charge in [0.05, 0.1) is 5.60 Å². The highest BCUT2D eigenvalue weighted by molar-refractivity contribution is 5.66. The lowest BCUT2D eigenvalue weighted by atomic mass is 10.0. The predicted molar refractivity (Wildman–Crippen MR) is 69.7 cm³/mol. The van der Waals surface area contributed by atoms with Gasteiger partial charge in [0.25, 0.3) is 0 Å². The molecule has 18 heavy (non-hydrogen) atoms. The lowest BCUT2D eigenvalue weighted by Crippen LogP contribution is -2.14. The maximum atomic E-state index is 10.4. The molecular weight excluding hydrogens is 228 g/mol. The fourth-order valence-corrected chi connectivity index (χ4v) is 2.23. The van der Waals surface area contributed by atoms with Crippen molar-refractivity contribution in [2.24, 2.45) is 0 Å². The maximum absolute atomic E-state index is 10.4. The van der Waals surface area contributed by atoms with E-state index in [4.69, 9.17) is 9.84 Å². The molecule has 0 unspecified atom stereocenters. The quantitative estimate of drug-likeness (QED) is 0.807. The summed E-state index contributed by atoms with van der Waals surface area (Å²) in [6, 6.07) is 8.47. The molecular formula is C15H20O3. The normalized spacial score (nSPS) is 16.5. The molecule has 1 aromatic carbocycles. The number of aryl methyl sites for hydroxylation is 1. The minimum atomic E-state index is -0.720. The standard InChI is InChI=1S/C15H20O3/c1-18-15(9-10-15)11-13-7-5-12(6-8-13)3-2-4-14(16)17/h5-8H,2-4,9-11H2,1H3,(H,16,17). The number of carboxylic acids is 1. The third-order valence-corrected chi connectivity index (χ3v) is 3.65. The van der Waals surface area contributed by atoms with Gasteiger partial charge < -0.3 is 9.84 Å². The van der Waals surface area contributed by atoms with Crippen LogP contribution >= 0.6 is 0 Å². The van der Waals surface area contributed by atoms with E-state index in [-0.39, 0.29) is 12.0 Å². The minimum Gasteiger partial charge on any atom is -0.481 e. The molecule has 1 aliphatic carbocycles. The van der Waals surface area contributed by atoms with Crippen LogP contribution in [0.25, 0.3) is 0 Å². The molecule has 0 bridgehead atoms. The van der Waals surface area contributed by atoms with Gasteiger partial charge in [-0.1, -0.05) is 24.3 Å². The van der Waals surface area contributed by atoms with Crippen molar-refractivity contribution in [3.05, 3.63) is 35.4 Å². The van der Waals surface area contributed by atoms with E-state index in [2.05, 4.69) is 24.3 Å². The highest BCUT2D eigenvalue weighted by Crippen LogP contribution is 2.41. The smallest absolute Gasteiger partial charge is 0.303 e. The summed E-state index contributed by atoms with van der Waals surface area (Å²) in [7, 11) is 1.78. The molecule has 3 heteroatoms. The Morgan fingerprint density at radius 2 is 1.89 bits per heavy atom. The third kappa shape index (κ3) is 3.57. The van der Waals surface area contributed by atoms with E-state index in [1.54, 1.807) is 7.11 Å². The number of methoxy groups -OCH3 is 1. The van der Waals surface area contributed by atoms with Crippen molar-refractivity contribution >= 4 is 5.97 Å². The molecule has 1 N–H and O–H groups in total. The first-order chi connectivity index (χ1) is 8.63. The average molecular weight is 248 g/mol. The minimum absolute atomic E-state index is 0.102. The second-order valence-corrected chi connectivity index (χ2v) is 5.13. The summed E-state index contributed by atoms with van der Waals surface area (Å²) in [4.78, 5) is 10.4. The van der Waals surface area contributed by atoms with Crippen LogP contribution in [-0.4, -0.2) is 23.8 Å². The van der Waals surface area contributed by atoms with Crippen LogP contribution in [0.4, 0.5) is 0 Å². The van der Waals surface area contributed by atoms with Gasteiger partial charge in [-0.15, -0.1) is 0 Å². The zero-order valence-electron chi connectivity index (χ0n) is 10.8. The van der Waals surface area contributed by atoms with Gasteiger partial charge in [-0.2, -0.15) is 0 Å². The predicted octanol–water partition coefficient (Wildman–Crippen LogP) is 2.82. The van der Waals surface area contributed by atoms with E-state index < -0.39 is 5.97 Å². The van der Waals surface area contributed by atoms with Gasteiger partial charge in [0.1, 0.15) is 0 Å². The zero-order valence-corrected chi connectivity index (χ0v) is 10.8. The van der Waals surface area contributed by atoms with Crippen molar-refractivity contribution in [1.82, 2.24) is 0 Å². The largest absolute Gasteiger partial charge is 0.481 e. The van der Waals surface area contributed by atoms with E-state index in [1.807, 2.05) is 0 Å². The first-order valence-electron chi connectivity index (χ1n) is 6.48. The Balaban J connectivity index is 1.83. The van der Waals surface area contributed by atoms with Crippen molar-refractivity contribution < 1.29 is 14.6 Å².